The van der Waals surface area contributed by atoms with E-state index in [9.17, 15) is 4.79 Å². The van der Waals surface area contributed by atoms with Crippen LogP contribution in [-0.2, 0) is 11.3 Å². The predicted octanol–water partition coefficient (Wildman–Crippen LogP) is 3.36. The standard InChI is InChI=1S/C15H23NO/c1-5-6-12(3)15(17)16-10-14-8-7-11(2)9-13(14)4/h7-9,12H,5-6,10H2,1-4H3,(H,16,17). The molecule has 1 atom stereocenters. The fraction of sp³-hybridized carbons (Fsp3) is 0.533. The van der Waals surface area contributed by atoms with E-state index in [0.717, 1.165) is 12.8 Å². The summed E-state index contributed by atoms with van der Waals surface area (Å²) in [5.41, 5.74) is 3.71. The molecule has 17 heavy (non-hydrogen) atoms. The molecule has 1 amide bonds. The van der Waals surface area contributed by atoms with E-state index in [1.807, 2.05) is 6.92 Å². The zero-order chi connectivity index (χ0) is 12.8. The van der Waals surface area contributed by atoms with E-state index in [4.69, 9.17) is 0 Å². The Kier molecular flexibility index (Phi) is 5.20. The molecule has 0 aliphatic rings. The average molecular weight is 233 g/mol. The number of carbonyl (C=O) groups is 1. The van der Waals surface area contributed by atoms with Crippen molar-refractivity contribution in [1.29, 1.82) is 0 Å². The first kappa shape index (κ1) is 13.8. The number of carbonyl (C=O) groups excluding carboxylic acids is 1. The van der Waals surface area contributed by atoms with E-state index in [2.05, 4.69) is 44.3 Å². The largest absolute Gasteiger partial charge is 0.352 e. The van der Waals surface area contributed by atoms with Gasteiger partial charge < -0.3 is 5.32 Å². The van der Waals surface area contributed by atoms with Gasteiger partial charge in [0.25, 0.3) is 0 Å². The van der Waals surface area contributed by atoms with Gasteiger partial charge in [0.05, 0.1) is 0 Å². The van der Waals surface area contributed by atoms with Crippen LogP contribution >= 0.6 is 0 Å². The molecule has 0 heterocycles. The highest BCUT2D eigenvalue weighted by Crippen LogP contribution is 2.11. The molecule has 1 unspecified atom stereocenters. The molecule has 1 rings (SSSR count). The first-order valence-electron chi connectivity index (χ1n) is 6.38. The molecule has 1 aromatic carbocycles. The van der Waals surface area contributed by atoms with Gasteiger partial charge >= 0.3 is 0 Å². The molecule has 0 saturated carbocycles. The van der Waals surface area contributed by atoms with E-state index in [1.54, 1.807) is 0 Å². The molecule has 1 aromatic rings. The number of benzene rings is 1. The summed E-state index contributed by atoms with van der Waals surface area (Å²) in [5.74, 6) is 0.276. The fourth-order valence-electron chi connectivity index (χ4n) is 1.96. The molecule has 0 aromatic heterocycles. The highest BCUT2D eigenvalue weighted by Gasteiger charge is 2.11. The minimum Gasteiger partial charge on any atom is -0.352 e. The zero-order valence-electron chi connectivity index (χ0n) is 11.3. The van der Waals surface area contributed by atoms with Crippen molar-refractivity contribution in [2.75, 3.05) is 0 Å². The Morgan fingerprint density at radius 3 is 2.65 bits per heavy atom. The second-order valence-corrected chi connectivity index (χ2v) is 4.84. The van der Waals surface area contributed by atoms with E-state index < -0.39 is 0 Å². The van der Waals surface area contributed by atoms with Gasteiger partial charge in [0, 0.05) is 12.5 Å². The number of hydrogen-bond acceptors (Lipinski definition) is 1. The second kappa shape index (κ2) is 6.43. The summed E-state index contributed by atoms with van der Waals surface area (Å²) in [4.78, 5) is 11.8. The molecule has 94 valence electrons. The molecule has 0 radical (unpaired) electrons. The number of amides is 1. The van der Waals surface area contributed by atoms with Crippen molar-refractivity contribution in [3.8, 4) is 0 Å². The Morgan fingerprint density at radius 1 is 1.35 bits per heavy atom. The predicted molar refractivity (Wildman–Crippen MR) is 71.8 cm³/mol. The summed E-state index contributed by atoms with van der Waals surface area (Å²) < 4.78 is 0. The maximum atomic E-state index is 11.8. The second-order valence-electron chi connectivity index (χ2n) is 4.84. The number of aryl methyl sites for hydroxylation is 2. The van der Waals surface area contributed by atoms with Gasteiger partial charge in [-0.15, -0.1) is 0 Å². The third-order valence-electron chi connectivity index (χ3n) is 3.12. The van der Waals surface area contributed by atoms with Crippen LogP contribution in [0.15, 0.2) is 18.2 Å². The monoisotopic (exact) mass is 233 g/mol. The number of rotatable bonds is 5. The molecule has 1 N–H and O–H groups in total. The van der Waals surface area contributed by atoms with Crippen molar-refractivity contribution in [3.63, 3.8) is 0 Å². The Hall–Kier alpha value is -1.31. The molecule has 2 nitrogen and oxygen atoms in total. The average Bonchev–Trinajstić information content (AvgIpc) is 2.27. The van der Waals surface area contributed by atoms with Crippen LogP contribution in [0, 0.1) is 19.8 Å². The molecule has 0 aliphatic heterocycles. The van der Waals surface area contributed by atoms with Crippen LogP contribution in [0.25, 0.3) is 0 Å². The van der Waals surface area contributed by atoms with Crippen LogP contribution in [0.5, 0.6) is 0 Å². The van der Waals surface area contributed by atoms with Crippen molar-refractivity contribution in [2.45, 2.75) is 47.1 Å². The van der Waals surface area contributed by atoms with Crippen LogP contribution in [-0.4, -0.2) is 5.91 Å². The van der Waals surface area contributed by atoms with E-state index in [-0.39, 0.29) is 11.8 Å². The SMILES string of the molecule is CCCC(C)C(=O)NCc1ccc(C)cc1C. The minimum absolute atomic E-state index is 0.116. The lowest BCUT2D eigenvalue weighted by atomic mass is 10.0. The van der Waals surface area contributed by atoms with Crippen LogP contribution < -0.4 is 5.32 Å². The first-order chi connectivity index (χ1) is 8.04. The Morgan fingerprint density at radius 2 is 2.06 bits per heavy atom. The third-order valence-corrected chi connectivity index (χ3v) is 3.12. The van der Waals surface area contributed by atoms with Crippen LogP contribution in [0.4, 0.5) is 0 Å². The van der Waals surface area contributed by atoms with Crippen molar-refractivity contribution >= 4 is 5.91 Å². The Bertz CT molecular complexity index is 385. The fourth-order valence-corrected chi connectivity index (χ4v) is 1.96. The summed E-state index contributed by atoms with van der Waals surface area (Å²) >= 11 is 0. The Labute approximate surface area is 104 Å². The maximum absolute atomic E-state index is 11.8. The van der Waals surface area contributed by atoms with Gasteiger partial charge in [-0.3, -0.25) is 4.79 Å². The number of hydrogen-bond donors (Lipinski definition) is 1. The summed E-state index contributed by atoms with van der Waals surface area (Å²) in [6, 6.07) is 6.33. The third kappa shape index (κ3) is 4.22. The summed E-state index contributed by atoms with van der Waals surface area (Å²) in [5, 5.41) is 3.00. The molecule has 0 bridgehead atoms. The van der Waals surface area contributed by atoms with Gasteiger partial charge in [0.2, 0.25) is 5.91 Å². The summed E-state index contributed by atoms with van der Waals surface area (Å²) in [7, 11) is 0. The lowest BCUT2D eigenvalue weighted by Gasteiger charge is -2.12. The van der Waals surface area contributed by atoms with Crippen molar-refractivity contribution in [1.82, 2.24) is 5.32 Å². The lowest BCUT2D eigenvalue weighted by Crippen LogP contribution is -2.28. The molecule has 0 spiro atoms. The van der Waals surface area contributed by atoms with Gasteiger partial charge in [0.1, 0.15) is 0 Å². The quantitative estimate of drug-likeness (QED) is 0.830. The van der Waals surface area contributed by atoms with Crippen LogP contribution in [0.1, 0.15) is 43.4 Å². The molecule has 0 aliphatic carbocycles. The zero-order valence-corrected chi connectivity index (χ0v) is 11.3. The van der Waals surface area contributed by atoms with Crippen molar-refractivity contribution in [3.05, 3.63) is 34.9 Å². The van der Waals surface area contributed by atoms with Crippen molar-refractivity contribution in [2.24, 2.45) is 5.92 Å². The van der Waals surface area contributed by atoms with Crippen LogP contribution in [0.2, 0.25) is 0 Å². The molecule has 2 heteroatoms. The normalized spacial score (nSPS) is 12.2. The lowest BCUT2D eigenvalue weighted by molar-refractivity contribution is -0.124. The van der Waals surface area contributed by atoms with Gasteiger partial charge in [-0.1, -0.05) is 44.0 Å². The highest BCUT2D eigenvalue weighted by atomic mass is 16.1. The summed E-state index contributed by atoms with van der Waals surface area (Å²) in [6.07, 6.45) is 2.01. The van der Waals surface area contributed by atoms with Crippen LogP contribution in [0.3, 0.4) is 0 Å². The number of nitrogens with one attached hydrogen (secondary N) is 1. The van der Waals surface area contributed by atoms with E-state index in [0.29, 0.717) is 6.54 Å². The molecular weight excluding hydrogens is 210 g/mol. The highest BCUT2D eigenvalue weighted by molar-refractivity contribution is 5.78. The van der Waals surface area contributed by atoms with Gasteiger partial charge in [-0.05, 0) is 31.4 Å². The van der Waals surface area contributed by atoms with Gasteiger partial charge in [-0.2, -0.15) is 0 Å². The van der Waals surface area contributed by atoms with Crippen molar-refractivity contribution < 1.29 is 4.79 Å². The molecule has 0 fully saturated rings. The smallest absolute Gasteiger partial charge is 0.223 e. The van der Waals surface area contributed by atoms with E-state index in [1.165, 1.54) is 16.7 Å². The van der Waals surface area contributed by atoms with Gasteiger partial charge in [-0.25, -0.2) is 0 Å². The van der Waals surface area contributed by atoms with Gasteiger partial charge in [0.15, 0.2) is 0 Å². The van der Waals surface area contributed by atoms with E-state index >= 15 is 0 Å². The Balaban J connectivity index is 2.53. The first-order valence-corrected chi connectivity index (χ1v) is 6.38. The molecule has 0 saturated heterocycles. The molecular formula is C15H23NO. The topological polar surface area (TPSA) is 29.1 Å². The maximum Gasteiger partial charge on any atom is 0.223 e. The summed E-state index contributed by atoms with van der Waals surface area (Å²) in [6.45, 7) is 8.90. The minimum atomic E-state index is 0.116.